The molecule has 372 valence electrons. The summed E-state index contributed by atoms with van der Waals surface area (Å²) >= 11 is 0. The molecule has 3 N–H and O–H groups in total. The fraction of sp³-hybridized carbons (Fsp3) is 0.895. The molecule has 0 rings (SSSR count). The largest absolute Gasteiger partial charge is 0.466 e. The number of hydrogen-bond donors (Lipinski definition) is 3. The van der Waals surface area contributed by atoms with E-state index >= 15 is 0 Å². The number of carbonyl (C=O) groups excluding carboxylic acids is 2. The summed E-state index contributed by atoms with van der Waals surface area (Å²) in [6.07, 6.45) is 63.0. The molecule has 0 aliphatic carbocycles. The molecular formula is C57H109NO5. The first-order valence-electron chi connectivity index (χ1n) is 28.1. The van der Waals surface area contributed by atoms with E-state index in [1.807, 2.05) is 0 Å². The van der Waals surface area contributed by atoms with Crippen LogP contribution in [0.25, 0.3) is 0 Å². The van der Waals surface area contributed by atoms with E-state index in [0.29, 0.717) is 25.9 Å². The highest BCUT2D eigenvalue weighted by molar-refractivity contribution is 5.76. The molecule has 0 fully saturated rings. The normalized spacial score (nSPS) is 12.8. The second kappa shape index (κ2) is 53.0. The zero-order valence-electron chi connectivity index (χ0n) is 42.3. The number of rotatable bonds is 52. The Labute approximate surface area is 392 Å². The standard InChI is InChI=1S/C57H109NO5/c1-3-5-7-9-11-13-15-17-18-19-20-21-24-27-31-35-39-43-47-51-57(62)63-52-48-44-40-36-32-28-25-22-23-26-30-34-38-42-46-50-56(61)58-54(53-59)55(60)49-45-41-37-33-29-16-14-12-10-8-6-4-2/h11,13,17-18,54-55,59-60H,3-10,12,14-16,19-53H2,1-2H3,(H,58,61)/b13-11-,18-17-. The molecule has 0 radical (unpaired) electrons. The Hall–Kier alpha value is -1.66. The van der Waals surface area contributed by atoms with Crippen LogP contribution in [0.4, 0.5) is 0 Å². The Morgan fingerprint density at radius 2 is 0.794 bits per heavy atom. The lowest BCUT2D eigenvalue weighted by Gasteiger charge is -2.22. The Morgan fingerprint density at radius 1 is 0.444 bits per heavy atom. The van der Waals surface area contributed by atoms with Crippen molar-refractivity contribution in [2.45, 2.75) is 315 Å². The van der Waals surface area contributed by atoms with E-state index in [4.69, 9.17) is 4.74 Å². The molecule has 63 heavy (non-hydrogen) atoms. The van der Waals surface area contributed by atoms with E-state index in [2.05, 4.69) is 43.5 Å². The molecule has 0 saturated heterocycles. The minimum Gasteiger partial charge on any atom is -0.466 e. The molecule has 0 aliphatic heterocycles. The van der Waals surface area contributed by atoms with Gasteiger partial charge in [0, 0.05) is 12.8 Å². The lowest BCUT2D eigenvalue weighted by molar-refractivity contribution is -0.143. The number of nitrogens with one attached hydrogen (secondary N) is 1. The predicted molar refractivity (Wildman–Crippen MR) is 273 cm³/mol. The van der Waals surface area contributed by atoms with Gasteiger partial charge in [-0.05, 0) is 57.8 Å². The Kier molecular flexibility index (Phi) is 51.6. The van der Waals surface area contributed by atoms with Gasteiger partial charge in [0.05, 0.1) is 25.4 Å². The summed E-state index contributed by atoms with van der Waals surface area (Å²) in [6.45, 7) is 4.91. The highest BCUT2D eigenvalue weighted by Gasteiger charge is 2.20. The molecule has 2 atom stereocenters. The molecule has 0 saturated carbocycles. The van der Waals surface area contributed by atoms with Crippen molar-refractivity contribution in [3.05, 3.63) is 24.3 Å². The van der Waals surface area contributed by atoms with Gasteiger partial charge >= 0.3 is 5.97 Å². The Bertz CT molecular complexity index is 982. The van der Waals surface area contributed by atoms with Gasteiger partial charge in [0.1, 0.15) is 0 Å². The maximum absolute atomic E-state index is 12.4. The van der Waals surface area contributed by atoms with E-state index in [-0.39, 0.29) is 18.5 Å². The van der Waals surface area contributed by atoms with Crippen LogP contribution in [0, 0.1) is 0 Å². The second-order valence-corrected chi connectivity index (χ2v) is 19.3. The van der Waals surface area contributed by atoms with E-state index in [1.165, 1.54) is 212 Å². The van der Waals surface area contributed by atoms with Crippen LogP contribution in [-0.4, -0.2) is 47.4 Å². The van der Waals surface area contributed by atoms with Crippen LogP contribution in [0.3, 0.4) is 0 Å². The number of hydrogen-bond acceptors (Lipinski definition) is 5. The average Bonchev–Trinajstić information content (AvgIpc) is 3.28. The third-order valence-electron chi connectivity index (χ3n) is 13.0. The van der Waals surface area contributed by atoms with Crippen LogP contribution in [0.5, 0.6) is 0 Å². The number of esters is 1. The van der Waals surface area contributed by atoms with Gasteiger partial charge in [-0.15, -0.1) is 0 Å². The first-order valence-corrected chi connectivity index (χ1v) is 28.1. The summed E-state index contributed by atoms with van der Waals surface area (Å²) in [5.41, 5.74) is 0. The van der Waals surface area contributed by atoms with Crippen molar-refractivity contribution in [3.8, 4) is 0 Å². The summed E-state index contributed by atoms with van der Waals surface area (Å²) < 4.78 is 5.48. The monoisotopic (exact) mass is 888 g/mol. The van der Waals surface area contributed by atoms with Crippen molar-refractivity contribution in [1.82, 2.24) is 5.32 Å². The molecule has 0 bridgehead atoms. The number of amides is 1. The van der Waals surface area contributed by atoms with Crippen molar-refractivity contribution in [2.24, 2.45) is 0 Å². The van der Waals surface area contributed by atoms with Crippen molar-refractivity contribution in [3.63, 3.8) is 0 Å². The molecular weight excluding hydrogens is 779 g/mol. The fourth-order valence-electron chi connectivity index (χ4n) is 8.67. The first-order chi connectivity index (χ1) is 31.0. The van der Waals surface area contributed by atoms with Gasteiger partial charge in [0.2, 0.25) is 5.91 Å². The lowest BCUT2D eigenvalue weighted by Crippen LogP contribution is -2.45. The molecule has 0 aromatic carbocycles. The number of aliphatic hydroxyl groups excluding tert-OH is 2. The number of aliphatic hydroxyl groups is 2. The van der Waals surface area contributed by atoms with E-state index in [0.717, 1.165) is 57.8 Å². The van der Waals surface area contributed by atoms with Crippen molar-refractivity contribution < 1.29 is 24.5 Å². The minimum atomic E-state index is -0.669. The number of ether oxygens (including phenoxy) is 1. The topological polar surface area (TPSA) is 95.9 Å². The third-order valence-corrected chi connectivity index (χ3v) is 13.0. The molecule has 0 aliphatic rings. The van der Waals surface area contributed by atoms with Crippen molar-refractivity contribution in [1.29, 1.82) is 0 Å². The molecule has 0 heterocycles. The van der Waals surface area contributed by atoms with E-state index in [1.54, 1.807) is 0 Å². The van der Waals surface area contributed by atoms with Gasteiger partial charge in [0.15, 0.2) is 0 Å². The summed E-state index contributed by atoms with van der Waals surface area (Å²) in [4.78, 5) is 24.5. The SMILES string of the molecule is CCCCC/C=C\C/C=C\CCCCCCCCCCCC(=O)OCCCCCCCCCCCCCCCCCC(=O)NC(CO)C(O)CCCCCCCCCCCCCC. The summed E-state index contributed by atoms with van der Waals surface area (Å²) in [5, 5.41) is 23.2. The molecule has 2 unspecified atom stereocenters. The molecule has 0 aromatic rings. The van der Waals surface area contributed by atoms with Crippen LogP contribution >= 0.6 is 0 Å². The van der Waals surface area contributed by atoms with Gasteiger partial charge < -0.3 is 20.3 Å². The Balaban J connectivity index is 3.40. The molecule has 6 heteroatoms. The number of unbranched alkanes of at least 4 members (excludes halogenated alkanes) is 37. The van der Waals surface area contributed by atoms with Gasteiger partial charge in [-0.2, -0.15) is 0 Å². The van der Waals surface area contributed by atoms with Gasteiger partial charge in [-0.3, -0.25) is 9.59 Å². The first kappa shape index (κ1) is 61.3. The quantitative estimate of drug-likeness (QED) is 0.0321. The smallest absolute Gasteiger partial charge is 0.305 e. The zero-order valence-corrected chi connectivity index (χ0v) is 42.3. The zero-order chi connectivity index (χ0) is 45.8. The van der Waals surface area contributed by atoms with Gasteiger partial charge in [0.25, 0.3) is 0 Å². The maximum Gasteiger partial charge on any atom is 0.305 e. The van der Waals surface area contributed by atoms with Crippen LogP contribution in [0.1, 0.15) is 303 Å². The van der Waals surface area contributed by atoms with E-state index in [9.17, 15) is 19.8 Å². The van der Waals surface area contributed by atoms with Crippen LogP contribution < -0.4 is 5.32 Å². The predicted octanol–water partition coefficient (Wildman–Crippen LogP) is 17.1. The maximum atomic E-state index is 12.4. The van der Waals surface area contributed by atoms with Crippen molar-refractivity contribution in [2.75, 3.05) is 13.2 Å². The summed E-state index contributed by atoms with van der Waals surface area (Å²) in [7, 11) is 0. The highest BCUT2D eigenvalue weighted by atomic mass is 16.5. The number of allylic oxidation sites excluding steroid dienone is 4. The third kappa shape index (κ3) is 49.6. The number of carbonyl (C=O) groups is 2. The van der Waals surface area contributed by atoms with Crippen molar-refractivity contribution >= 4 is 11.9 Å². The van der Waals surface area contributed by atoms with Crippen LogP contribution in [0.15, 0.2) is 24.3 Å². The lowest BCUT2D eigenvalue weighted by atomic mass is 10.0. The van der Waals surface area contributed by atoms with Crippen LogP contribution in [0.2, 0.25) is 0 Å². The molecule has 1 amide bonds. The fourth-order valence-corrected chi connectivity index (χ4v) is 8.67. The highest BCUT2D eigenvalue weighted by Crippen LogP contribution is 2.17. The average molecular weight is 889 g/mol. The second-order valence-electron chi connectivity index (χ2n) is 19.3. The van der Waals surface area contributed by atoms with E-state index < -0.39 is 12.1 Å². The molecule has 6 nitrogen and oxygen atoms in total. The molecule has 0 spiro atoms. The summed E-state index contributed by atoms with van der Waals surface area (Å²) in [5.74, 6) is -0.0466. The summed E-state index contributed by atoms with van der Waals surface area (Å²) in [6, 6.07) is -0.547. The molecule has 0 aromatic heterocycles. The Morgan fingerprint density at radius 3 is 1.24 bits per heavy atom. The van der Waals surface area contributed by atoms with Crippen LogP contribution in [-0.2, 0) is 14.3 Å². The van der Waals surface area contributed by atoms with Gasteiger partial charge in [-0.25, -0.2) is 0 Å². The van der Waals surface area contributed by atoms with Gasteiger partial charge in [-0.1, -0.05) is 256 Å². The minimum absolute atomic E-state index is 0.00298.